The van der Waals surface area contributed by atoms with Crippen LogP contribution >= 0.6 is 0 Å². The molecule has 0 heterocycles. The Morgan fingerprint density at radius 3 is 1.55 bits per heavy atom. The lowest BCUT2D eigenvalue weighted by molar-refractivity contribution is -0.380. The molecule has 0 N–H and O–H groups in total. The van der Waals surface area contributed by atoms with Crippen LogP contribution in [0.1, 0.15) is 0 Å². The summed E-state index contributed by atoms with van der Waals surface area (Å²) in [5.41, 5.74) is -4.92. The van der Waals surface area contributed by atoms with Crippen molar-refractivity contribution in [2.45, 2.75) is 23.6 Å². The molecule has 2 nitrogen and oxygen atoms in total. The van der Waals surface area contributed by atoms with Gasteiger partial charge in [-0.25, -0.2) is 0 Å². The maximum Gasteiger partial charge on any atom is 0.425 e. The maximum atomic E-state index is 13.8. The molecule has 1 atom stereocenters. The highest BCUT2D eigenvalue weighted by Crippen LogP contribution is 2.54. The molecule has 0 amide bonds. The zero-order valence-corrected chi connectivity index (χ0v) is 11.3. The standard InChI is InChI=1S/C10H11F10NO/c1-21(2)4-7(22-3,10(18,19)20)9(16,17)8(14,15)5(11)6(12)13/h4H2,1-3H3. The Morgan fingerprint density at radius 1 is 0.909 bits per heavy atom. The van der Waals surface area contributed by atoms with Crippen molar-refractivity contribution in [3.8, 4) is 0 Å². The van der Waals surface area contributed by atoms with Gasteiger partial charge in [0, 0.05) is 13.7 Å². The average Bonchev–Trinajstić information content (AvgIpc) is 2.32. The average molecular weight is 351 g/mol. The van der Waals surface area contributed by atoms with E-state index in [4.69, 9.17) is 0 Å². The fourth-order valence-electron chi connectivity index (χ4n) is 1.63. The first-order valence-electron chi connectivity index (χ1n) is 5.32. The first kappa shape index (κ1) is 21.0. The van der Waals surface area contributed by atoms with Gasteiger partial charge in [0.2, 0.25) is 11.4 Å². The number of likely N-dealkylation sites (N-methyl/N-ethyl adjacent to an activating group) is 1. The summed E-state index contributed by atoms with van der Waals surface area (Å²) in [6.07, 6.45) is -9.98. The minimum atomic E-state index is -6.44. The van der Waals surface area contributed by atoms with Gasteiger partial charge in [-0.3, -0.25) is 0 Å². The van der Waals surface area contributed by atoms with Crippen molar-refractivity contribution in [1.29, 1.82) is 0 Å². The van der Waals surface area contributed by atoms with Crippen LogP contribution in [0.2, 0.25) is 0 Å². The molecule has 0 aromatic carbocycles. The molecule has 0 saturated heterocycles. The molecule has 0 aromatic rings. The summed E-state index contributed by atoms with van der Waals surface area (Å²) in [7, 11) is 1.67. The third-order valence-corrected chi connectivity index (χ3v) is 2.69. The third kappa shape index (κ3) is 3.16. The number of allylic oxidation sites excluding steroid dienone is 1. The van der Waals surface area contributed by atoms with Gasteiger partial charge in [0.25, 0.3) is 0 Å². The second kappa shape index (κ2) is 6.22. The van der Waals surface area contributed by atoms with E-state index in [0.717, 1.165) is 14.1 Å². The summed E-state index contributed by atoms with van der Waals surface area (Å²) < 4.78 is 133. The zero-order chi connectivity index (χ0) is 18.1. The van der Waals surface area contributed by atoms with Crippen LogP contribution < -0.4 is 0 Å². The van der Waals surface area contributed by atoms with Crippen molar-refractivity contribution >= 4 is 0 Å². The lowest BCUT2D eigenvalue weighted by Crippen LogP contribution is -2.70. The molecular formula is C10H11F10NO. The summed E-state index contributed by atoms with van der Waals surface area (Å²) in [5, 5.41) is 0. The third-order valence-electron chi connectivity index (χ3n) is 2.69. The summed E-state index contributed by atoms with van der Waals surface area (Å²) in [6, 6.07) is 0. The minimum absolute atomic E-state index is 0.0361. The van der Waals surface area contributed by atoms with Crippen LogP contribution in [-0.4, -0.2) is 56.3 Å². The van der Waals surface area contributed by atoms with Crippen molar-refractivity contribution in [1.82, 2.24) is 4.90 Å². The smallest absolute Gasteiger partial charge is 0.362 e. The molecule has 0 spiro atoms. The molecular weight excluding hydrogens is 340 g/mol. The predicted molar refractivity (Wildman–Crippen MR) is 54.6 cm³/mol. The lowest BCUT2D eigenvalue weighted by atomic mass is 9.88. The Balaban J connectivity index is 6.41. The molecule has 0 radical (unpaired) electrons. The molecule has 0 aliphatic rings. The second-order valence-corrected chi connectivity index (χ2v) is 4.49. The summed E-state index contributed by atoms with van der Waals surface area (Å²) in [5.74, 6) is -16.8. The number of halogens is 10. The quantitative estimate of drug-likeness (QED) is 0.674. The normalized spacial score (nSPS) is 16.6. The van der Waals surface area contributed by atoms with E-state index in [1.54, 1.807) is 0 Å². The molecule has 0 aliphatic carbocycles. The van der Waals surface area contributed by atoms with Gasteiger partial charge < -0.3 is 9.64 Å². The van der Waals surface area contributed by atoms with Crippen molar-refractivity contribution in [3.05, 3.63) is 11.9 Å². The molecule has 22 heavy (non-hydrogen) atoms. The Morgan fingerprint density at radius 2 is 1.32 bits per heavy atom. The highest BCUT2D eigenvalue weighted by molar-refractivity contribution is 5.19. The fraction of sp³-hybridized carbons (Fsp3) is 0.800. The lowest BCUT2D eigenvalue weighted by Gasteiger charge is -2.43. The Labute approximate surface area is 118 Å². The number of nitrogens with zero attached hydrogens (tertiary/aromatic N) is 1. The van der Waals surface area contributed by atoms with Crippen LogP contribution in [0.4, 0.5) is 43.9 Å². The molecule has 0 aromatic heterocycles. The zero-order valence-electron chi connectivity index (χ0n) is 11.3. The minimum Gasteiger partial charge on any atom is -0.362 e. The van der Waals surface area contributed by atoms with E-state index in [1.165, 1.54) is 0 Å². The maximum absolute atomic E-state index is 13.8. The summed E-state index contributed by atoms with van der Waals surface area (Å²) in [6.45, 7) is -1.86. The van der Waals surface area contributed by atoms with Gasteiger partial charge >= 0.3 is 24.1 Å². The van der Waals surface area contributed by atoms with E-state index in [0.29, 0.717) is 4.90 Å². The number of methoxy groups -OCH3 is 1. The number of hydrogen-bond acceptors (Lipinski definition) is 2. The van der Waals surface area contributed by atoms with E-state index in [1.807, 2.05) is 0 Å². The second-order valence-electron chi connectivity index (χ2n) is 4.49. The topological polar surface area (TPSA) is 12.5 Å². The van der Waals surface area contributed by atoms with E-state index >= 15 is 0 Å². The van der Waals surface area contributed by atoms with Crippen LogP contribution in [0.15, 0.2) is 11.9 Å². The number of alkyl halides is 7. The largest absolute Gasteiger partial charge is 0.425 e. The highest BCUT2D eigenvalue weighted by Gasteiger charge is 2.81. The molecule has 12 heteroatoms. The number of ether oxygens (including phenoxy) is 1. The Hall–Kier alpha value is -1.04. The highest BCUT2D eigenvalue weighted by atomic mass is 19.4. The monoisotopic (exact) mass is 351 g/mol. The molecule has 0 bridgehead atoms. The van der Waals surface area contributed by atoms with Gasteiger partial charge in [-0.2, -0.15) is 43.9 Å². The molecule has 1 unspecified atom stereocenters. The van der Waals surface area contributed by atoms with E-state index in [-0.39, 0.29) is 7.11 Å². The SMILES string of the molecule is COC(CN(C)C)(C(F)(F)F)C(F)(F)C(F)(F)C(F)=C(F)F. The molecule has 0 saturated carbocycles. The van der Waals surface area contributed by atoms with Gasteiger partial charge in [-0.1, -0.05) is 0 Å². The number of hydrogen-bond donors (Lipinski definition) is 0. The molecule has 0 aliphatic heterocycles. The van der Waals surface area contributed by atoms with Gasteiger partial charge in [0.1, 0.15) is 0 Å². The van der Waals surface area contributed by atoms with Crippen molar-refractivity contribution in [2.24, 2.45) is 0 Å². The van der Waals surface area contributed by atoms with Crippen molar-refractivity contribution in [3.63, 3.8) is 0 Å². The predicted octanol–water partition coefficient (Wildman–Crippen LogP) is 3.84. The van der Waals surface area contributed by atoms with E-state index in [2.05, 4.69) is 4.74 Å². The van der Waals surface area contributed by atoms with Crippen LogP contribution in [0.5, 0.6) is 0 Å². The van der Waals surface area contributed by atoms with E-state index < -0.39 is 42.1 Å². The van der Waals surface area contributed by atoms with Gasteiger partial charge in [0.05, 0.1) is 0 Å². The summed E-state index contributed by atoms with van der Waals surface area (Å²) >= 11 is 0. The number of rotatable bonds is 6. The van der Waals surface area contributed by atoms with Gasteiger partial charge in [0.15, 0.2) is 0 Å². The first-order valence-corrected chi connectivity index (χ1v) is 5.32. The first-order chi connectivity index (χ1) is 9.58. The molecule has 0 fully saturated rings. The Bertz CT molecular complexity index is 426. The fourth-order valence-corrected chi connectivity index (χ4v) is 1.63. The van der Waals surface area contributed by atoms with E-state index in [9.17, 15) is 43.9 Å². The van der Waals surface area contributed by atoms with Crippen molar-refractivity contribution < 1.29 is 48.6 Å². The van der Waals surface area contributed by atoms with Gasteiger partial charge in [-0.15, -0.1) is 0 Å². The summed E-state index contributed by atoms with van der Waals surface area (Å²) in [4.78, 5) is 0.411. The van der Waals surface area contributed by atoms with Crippen LogP contribution in [0.3, 0.4) is 0 Å². The van der Waals surface area contributed by atoms with Gasteiger partial charge in [-0.05, 0) is 14.1 Å². The van der Waals surface area contributed by atoms with Crippen LogP contribution in [-0.2, 0) is 4.74 Å². The van der Waals surface area contributed by atoms with Crippen LogP contribution in [0, 0.1) is 0 Å². The molecule has 0 rings (SSSR count). The van der Waals surface area contributed by atoms with Crippen LogP contribution in [0.25, 0.3) is 0 Å². The van der Waals surface area contributed by atoms with Crippen molar-refractivity contribution in [2.75, 3.05) is 27.7 Å². The molecule has 132 valence electrons. The Kier molecular flexibility index (Phi) is 5.93.